The van der Waals surface area contributed by atoms with Crippen LogP contribution in [0.25, 0.3) is 0 Å². The van der Waals surface area contributed by atoms with Crippen molar-refractivity contribution >= 4 is 5.78 Å². The van der Waals surface area contributed by atoms with Crippen LogP contribution >= 0.6 is 0 Å². The van der Waals surface area contributed by atoms with Crippen LogP contribution in [-0.2, 0) is 4.79 Å². The van der Waals surface area contributed by atoms with Gasteiger partial charge in [-0.2, -0.15) is 0 Å². The van der Waals surface area contributed by atoms with Gasteiger partial charge in [-0.1, -0.05) is 0 Å². The number of hydrogen-bond donors (Lipinski definition) is 2. The van der Waals surface area contributed by atoms with Gasteiger partial charge in [0.05, 0.1) is 13.1 Å². The van der Waals surface area contributed by atoms with E-state index < -0.39 is 0 Å². The van der Waals surface area contributed by atoms with Gasteiger partial charge < -0.3 is 10.6 Å². The Hall–Kier alpha value is -0.410. The third-order valence-corrected chi connectivity index (χ3v) is 0.748. The average molecular weight is 116 g/mol. The Bertz CT molecular complexity index is 64.8. The predicted molar refractivity (Wildman–Crippen MR) is 32.9 cm³/mol. The molecular weight excluding hydrogens is 104 g/mol. The van der Waals surface area contributed by atoms with Crippen LogP contribution < -0.4 is 10.6 Å². The number of nitrogens with one attached hydrogen (secondary N) is 2. The molecule has 0 aromatic carbocycles. The molecule has 0 saturated heterocycles. The zero-order valence-corrected chi connectivity index (χ0v) is 5.32. The second-order valence-electron chi connectivity index (χ2n) is 1.60. The quantitative estimate of drug-likeness (QED) is 0.494. The van der Waals surface area contributed by atoms with Crippen molar-refractivity contribution in [3.63, 3.8) is 0 Å². The number of Topliss-reactive ketones (excluding diaryl/α,β-unsaturated/α-hetero) is 1. The standard InChI is InChI=1S/C5H12N2O/c1-6-3-5(8)4-7-2/h6-7H,3-4H2,1-2H3. The summed E-state index contributed by atoms with van der Waals surface area (Å²) in [4.78, 5) is 10.5. The predicted octanol–water partition coefficient (Wildman–Crippen LogP) is -1.01. The van der Waals surface area contributed by atoms with Crippen molar-refractivity contribution in [2.45, 2.75) is 0 Å². The summed E-state index contributed by atoms with van der Waals surface area (Å²) in [6, 6.07) is 0. The molecule has 0 spiro atoms. The molecule has 3 nitrogen and oxygen atoms in total. The van der Waals surface area contributed by atoms with Crippen LogP contribution in [0.5, 0.6) is 0 Å². The van der Waals surface area contributed by atoms with Crippen molar-refractivity contribution in [3.8, 4) is 0 Å². The van der Waals surface area contributed by atoms with Crippen molar-refractivity contribution in [2.24, 2.45) is 0 Å². The average Bonchev–Trinajstić information content (AvgIpc) is 1.68. The molecule has 0 fully saturated rings. The molecule has 2 N–H and O–H groups in total. The minimum atomic E-state index is 0.190. The molecule has 0 saturated carbocycles. The monoisotopic (exact) mass is 116 g/mol. The number of rotatable bonds is 4. The first-order chi connectivity index (χ1) is 3.81. The normalized spacial score (nSPS) is 9.25. The fraction of sp³-hybridized carbons (Fsp3) is 0.800. The Morgan fingerprint density at radius 1 is 1.25 bits per heavy atom. The highest BCUT2D eigenvalue weighted by atomic mass is 16.1. The maximum absolute atomic E-state index is 10.5. The summed E-state index contributed by atoms with van der Waals surface area (Å²) in [5.74, 6) is 0.190. The smallest absolute Gasteiger partial charge is 0.160 e. The molecule has 0 aliphatic rings. The molecule has 0 aliphatic carbocycles. The Balaban J connectivity index is 3.06. The molecule has 48 valence electrons. The van der Waals surface area contributed by atoms with Crippen molar-refractivity contribution in [1.29, 1.82) is 0 Å². The van der Waals surface area contributed by atoms with Gasteiger partial charge in [0.25, 0.3) is 0 Å². The number of hydrogen-bond acceptors (Lipinski definition) is 3. The molecule has 0 aromatic heterocycles. The van der Waals surface area contributed by atoms with Gasteiger partial charge in [0.2, 0.25) is 0 Å². The van der Waals surface area contributed by atoms with Crippen LogP contribution in [0.1, 0.15) is 0 Å². The first kappa shape index (κ1) is 7.59. The SMILES string of the molecule is CNCC(=O)CNC. The zero-order valence-electron chi connectivity index (χ0n) is 5.32. The molecule has 3 heteroatoms. The molecule has 0 aromatic rings. The summed E-state index contributed by atoms with van der Waals surface area (Å²) in [5, 5.41) is 5.53. The van der Waals surface area contributed by atoms with Gasteiger partial charge in [0.15, 0.2) is 5.78 Å². The second kappa shape index (κ2) is 4.74. The maximum atomic E-state index is 10.5. The van der Waals surface area contributed by atoms with Gasteiger partial charge in [-0.15, -0.1) is 0 Å². The van der Waals surface area contributed by atoms with Crippen molar-refractivity contribution < 1.29 is 4.79 Å². The highest BCUT2D eigenvalue weighted by molar-refractivity contribution is 5.82. The molecule has 0 amide bonds. The molecule has 0 unspecified atom stereocenters. The Morgan fingerprint density at radius 3 is 1.88 bits per heavy atom. The van der Waals surface area contributed by atoms with E-state index in [4.69, 9.17) is 0 Å². The van der Waals surface area contributed by atoms with E-state index >= 15 is 0 Å². The van der Waals surface area contributed by atoms with Gasteiger partial charge in [-0.25, -0.2) is 0 Å². The van der Waals surface area contributed by atoms with Gasteiger partial charge in [-0.3, -0.25) is 4.79 Å². The number of likely N-dealkylation sites (N-methyl/N-ethyl adjacent to an activating group) is 2. The van der Waals surface area contributed by atoms with Crippen LogP contribution in [0.15, 0.2) is 0 Å². The minimum absolute atomic E-state index is 0.190. The third-order valence-electron chi connectivity index (χ3n) is 0.748. The molecule has 0 atom stereocenters. The van der Waals surface area contributed by atoms with E-state index in [1.165, 1.54) is 0 Å². The Labute approximate surface area is 49.5 Å². The molecule has 8 heavy (non-hydrogen) atoms. The molecule has 0 bridgehead atoms. The van der Waals surface area contributed by atoms with E-state index in [-0.39, 0.29) is 5.78 Å². The second-order valence-corrected chi connectivity index (χ2v) is 1.60. The Morgan fingerprint density at radius 2 is 1.62 bits per heavy atom. The van der Waals surface area contributed by atoms with E-state index in [9.17, 15) is 4.79 Å². The van der Waals surface area contributed by atoms with E-state index in [0.29, 0.717) is 13.1 Å². The summed E-state index contributed by atoms with van der Waals surface area (Å²) in [6.45, 7) is 0.918. The number of ketones is 1. The maximum Gasteiger partial charge on any atom is 0.160 e. The highest BCUT2D eigenvalue weighted by Crippen LogP contribution is 1.61. The molecule has 0 heterocycles. The molecular formula is C5H12N2O. The summed E-state index contributed by atoms with van der Waals surface area (Å²) in [6.07, 6.45) is 0. The first-order valence-corrected chi connectivity index (χ1v) is 2.62. The van der Waals surface area contributed by atoms with E-state index in [0.717, 1.165) is 0 Å². The topological polar surface area (TPSA) is 41.1 Å². The Kier molecular flexibility index (Phi) is 4.50. The van der Waals surface area contributed by atoms with Crippen LogP contribution in [-0.4, -0.2) is 33.0 Å². The third kappa shape index (κ3) is 3.77. The van der Waals surface area contributed by atoms with Crippen molar-refractivity contribution in [1.82, 2.24) is 10.6 Å². The largest absolute Gasteiger partial charge is 0.313 e. The van der Waals surface area contributed by atoms with E-state index in [1.807, 2.05) is 0 Å². The van der Waals surface area contributed by atoms with Gasteiger partial charge in [-0.05, 0) is 14.1 Å². The lowest BCUT2D eigenvalue weighted by atomic mass is 10.4. The fourth-order valence-corrected chi connectivity index (χ4v) is 0.457. The molecule has 0 rings (SSSR count). The zero-order chi connectivity index (χ0) is 6.41. The van der Waals surface area contributed by atoms with E-state index in [1.54, 1.807) is 14.1 Å². The van der Waals surface area contributed by atoms with Crippen molar-refractivity contribution in [3.05, 3.63) is 0 Å². The first-order valence-electron chi connectivity index (χ1n) is 2.62. The lowest BCUT2D eigenvalue weighted by molar-refractivity contribution is -0.117. The van der Waals surface area contributed by atoms with Gasteiger partial charge >= 0.3 is 0 Å². The van der Waals surface area contributed by atoms with Crippen LogP contribution in [0, 0.1) is 0 Å². The summed E-state index contributed by atoms with van der Waals surface area (Å²) in [7, 11) is 3.52. The summed E-state index contributed by atoms with van der Waals surface area (Å²) >= 11 is 0. The van der Waals surface area contributed by atoms with Gasteiger partial charge in [0, 0.05) is 0 Å². The molecule has 0 radical (unpaired) electrons. The lowest BCUT2D eigenvalue weighted by Crippen LogP contribution is -2.27. The van der Waals surface area contributed by atoms with Gasteiger partial charge in [0.1, 0.15) is 0 Å². The van der Waals surface area contributed by atoms with Crippen LogP contribution in [0.3, 0.4) is 0 Å². The number of carbonyl (C=O) groups is 1. The minimum Gasteiger partial charge on any atom is -0.313 e. The highest BCUT2D eigenvalue weighted by Gasteiger charge is 1.93. The summed E-state index contributed by atoms with van der Waals surface area (Å²) < 4.78 is 0. The fourth-order valence-electron chi connectivity index (χ4n) is 0.457. The summed E-state index contributed by atoms with van der Waals surface area (Å²) in [5.41, 5.74) is 0. The van der Waals surface area contributed by atoms with E-state index in [2.05, 4.69) is 10.6 Å². The van der Waals surface area contributed by atoms with Crippen molar-refractivity contribution in [2.75, 3.05) is 27.2 Å². The number of carbonyl (C=O) groups excluding carboxylic acids is 1. The van der Waals surface area contributed by atoms with Crippen LogP contribution in [0.4, 0.5) is 0 Å². The lowest BCUT2D eigenvalue weighted by Gasteiger charge is -1.95. The van der Waals surface area contributed by atoms with Crippen LogP contribution in [0.2, 0.25) is 0 Å². The molecule has 0 aliphatic heterocycles.